The van der Waals surface area contributed by atoms with Gasteiger partial charge in [0, 0.05) is 6.42 Å². The number of ether oxygens (including phenoxy) is 1. The van der Waals surface area contributed by atoms with E-state index in [1.54, 1.807) is 0 Å². The lowest BCUT2D eigenvalue weighted by Crippen LogP contribution is -2.31. The number of aliphatic hydroxyl groups excluding tert-OH is 1. The van der Waals surface area contributed by atoms with E-state index in [2.05, 4.69) is 38.1 Å². The van der Waals surface area contributed by atoms with Gasteiger partial charge in [-0.05, 0) is 25.3 Å². The van der Waals surface area contributed by atoms with Crippen molar-refractivity contribution in [1.82, 2.24) is 0 Å². The fourth-order valence-electron chi connectivity index (χ4n) is 2.79. The topological polar surface area (TPSA) is 29.5 Å². The molecule has 1 N–H and O–H groups in total. The third kappa shape index (κ3) is 4.32. The van der Waals surface area contributed by atoms with E-state index in [1.165, 1.54) is 30.4 Å². The Bertz CT molecular complexity index is 371. The average molecular weight is 262 g/mol. The molecule has 0 aromatic heterocycles. The first-order valence-electron chi connectivity index (χ1n) is 7.59. The zero-order valence-corrected chi connectivity index (χ0v) is 12.1. The smallest absolute Gasteiger partial charge is 0.0853 e. The molecule has 1 heterocycles. The SMILES string of the molecule is CCCCCC1CC(O)CC(c2ccc(C)cc2)O1. The number of aliphatic hydroxyl groups is 1. The maximum atomic E-state index is 10.0. The lowest BCUT2D eigenvalue weighted by Gasteiger charge is -2.33. The Morgan fingerprint density at radius 2 is 1.89 bits per heavy atom. The van der Waals surface area contributed by atoms with E-state index in [4.69, 9.17) is 4.74 Å². The number of unbranched alkanes of at least 4 members (excludes halogenated alkanes) is 2. The summed E-state index contributed by atoms with van der Waals surface area (Å²) in [5, 5.41) is 10.0. The van der Waals surface area contributed by atoms with Gasteiger partial charge in [0.25, 0.3) is 0 Å². The normalized spacial score (nSPS) is 27.4. The minimum Gasteiger partial charge on any atom is -0.393 e. The molecule has 0 aliphatic carbocycles. The summed E-state index contributed by atoms with van der Waals surface area (Å²) in [6.45, 7) is 4.31. The molecule has 3 atom stereocenters. The standard InChI is InChI=1S/C17H26O2/c1-3-4-5-6-16-11-15(18)12-17(19-16)14-9-7-13(2)8-10-14/h7-10,15-18H,3-6,11-12H2,1-2H3. The van der Waals surface area contributed by atoms with Gasteiger partial charge in [0.15, 0.2) is 0 Å². The fraction of sp³-hybridized carbons (Fsp3) is 0.647. The van der Waals surface area contributed by atoms with Crippen LogP contribution in [-0.4, -0.2) is 17.3 Å². The van der Waals surface area contributed by atoms with E-state index >= 15 is 0 Å². The van der Waals surface area contributed by atoms with Crippen LogP contribution in [0.2, 0.25) is 0 Å². The summed E-state index contributed by atoms with van der Waals surface area (Å²) in [4.78, 5) is 0. The number of benzene rings is 1. The molecule has 1 fully saturated rings. The quantitative estimate of drug-likeness (QED) is 0.807. The minimum absolute atomic E-state index is 0.0657. The molecule has 2 nitrogen and oxygen atoms in total. The van der Waals surface area contributed by atoms with Crippen molar-refractivity contribution in [3.63, 3.8) is 0 Å². The van der Waals surface area contributed by atoms with Gasteiger partial charge in [-0.2, -0.15) is 0 Å². The van der Waals surface area contributed by atoms with Crippen LogP contribution in [0.25, 0.3) is 0 Å². The second-order valence-corrected chi connectivity index (χ2v) is 5.78. The maximum absolute atomic E-state index is 10.0. The van der Waals surface area contributed by atoms with Crippen LogP contribution in [0.3, 0.4) is 0 Å². The predicted octanol–water partition coefficient (Wildman–Crippen LogP) is 4.16. The Balaban J connectivity index is 1.95. The van der Waals surface area contributed by atoms with Gasteiger partial charge in [-0.3, -0.25) is 0 Å². The monoisotopic (exact) mass is 262 g/mol. The van der Waals surface area contributed by atoms with E-state index in [-0.39, 0.29) is 18.3 Å². The lowest BCUT2D eigenvalue weighted by molar-refractivity contribution is -0.101. The van der Waals surface area contributed by atoms with Crippen LogP contribution in [0.5, 0.6) is 0 Å². The second-order valence-electron chi connectivity index (χ2n) is 5.78. The highest BCUT2D eigenvalue weighted by Crippen LogP contribution is 2.33. The molecule has 0 radical (unpaired) electrons. The van der Waals surface area contributed by atoms with Gasteiger partial charge in [0.2, 0.25) is 0 Å². The van der Waals surface area contributed by atoms with Gasteiger partial charge in [0.1, 0.15) is 0 Å². The molecule has 1 saturated heterocycles. The molecule has 19 heavy (non-hydrogen) atoms. The van der Waals surface area contributed by atoms with E-state index in [1.807, 2.05) is 0 Å². The Morgan fingerprint density at radius 1 is 1.16 bits per heavy atom. The molecule has 2 rings (SSSR count). The van der Waals surface area contributed by atoms with Crippen molar-refractivity contribution in [1.29, 1.82) is 0 Å². The van der Waals surface area contributed by atoms with Gasteiger partial charge < -0.3 is 9.84 Å². The highest BCUT2D eigenvalue weighted by molar-refractivity contribution is 5.23. The summed E-state index contributed by atoms with van der Waals surface area (Å²) in [7, 11) is 0. The van der Waals surface area contributed by atoms with Crippen molar-refractivity contribution < 1.29 is 9.84 Å². The van der Waals surface area contributed by atoms with Crippen LogP contribution in [0, 0.1) is 6.92 Å². The van der Waals surface area contributed by atoms with Crippen molar-refractivity contribution in [3.8, 4) is 0 Å². The lowest BCUT2D eigenvalue weighted by atomic mass is 9.93. The molecule has 1 aliphatic heterocycles. The Morgan fingerprint density at radius 3 is 2.58 bits per heavy atom. The predicted molar refractivity (Wildman–Crippen MR) is 78.2 cm³/mol. The van der Waals surface area contributed by atoms with Crippen LogP contribution in [0.15, 0.2) is 24.3 Å². The minimum atomic E-state index is -0.216. The van der Waals surface area contributed by atoms with E-state index < -0.39 is 0 Å². The summed E-state index contributed by atoms with van der Waals surface area (Å²) < 4.78 is 6.17. The largest absolute Gasteiger partial charge is 0.393 e. The summed E-state index contributed by atoms with van der Waals surface area (Å²) >= 11 is 0. The Kier molecular flexibility index (Phi) is 5.41. The number of hydrogen-bond donors (Lipinski definition) is 1. The second kappa shape index (κ2) is 7.06. The van der Waals surface area contributed by atoms with Crippen LogP contribution in [-0.2, 0) is 4.74 Å². The van der Waals surface area contributed by atoms with Gasteiger partial charge in [-0.15, -0.1) is 0 Å². The Labute approximate surface area is 116 Å². The fourth-order valence-corrected chi connectivity index (χ4v) is 2.79. The zero-order chi connectivity index (χ0) is 13.7. The van der Waals surface area contributed by atoms with E-state index in [0.717, 1.165) is 19.3 Å². The first-order chi connectivity index (χ1) is 9.19. The van der Waals surface area contributed by atoms with Crippen LogP contribution in [0.4, 0.5) is 0 Å². The molecule has 0 amide bonds. The molecule has 0 spiro atoms. The van der Waals surface area contributed by atoms with Crippen molar-refractivity contribution in [2.45, 2.75) is 70.7 Å². The highest BCUT2D eigenvalue weighted by atomic mass is 16.5. The Hall–Kier alpha value is -0.860. The molecule has 1 aromatic rings. The molecular weight excluding hydrogens is 236 g/mol. The molecule has 3 unspecified atom stereocenters. The third-order valence-corrected chi connectivity index (χ3v) is 3.96. The van der Waals surface area contributed by atoms with Crippen molar-refractivity contribution in [3.05, 3.63) is 35.4 Å². The van der Waals surface area contributed by atoms with Gasteiger partial charge in [0.05, 0.1) is 18.3 Å². The van der Waals surface area contributed by atoms with Crippen LogP contribution in [0.1, 0.15) is 62.7 Å². The van der Waals surface area contributed by atoms with Crippen molar-refractivity contribution >= 4 is 0 Å². The summed E-state index contributed by atoms with van der Waals surface area (Å²) in [6.07, 6.45) is 6.37. The first-order valence-corrected chi connectivity index (χ1v) is 7.59. The van der Waals surface area contributed by atoms with Gasteiger partial charge in [-0.1, -0.05) is 56.0 Å². The van der Waals surface area contributed by atoms with Crippen LogP contribution < -0.4 is 0 Å². The van der Waals surface area contributed by atoms with E-state index in [0.29, 0.717) is 0 Å². The zero-order valence-electron chi connectivity index (χ0n) is 12.1. The summed E-state index contributed by atoms with van der Waals surface area (Å²) in [5.74, 6) is 0. The molecule has 1 aliphatic rings. The molecule has 0 bridgehead atoms. The molecule has 1 aromatic carbocycles. The number of hydrogen-bond acceptors (Lipinski definition) is 2. The molecule has 2 heteroatoms. The van der Waals surface area contributed by atoms with Gasteiger partial charge in [-0.25, -0.2) is 0 Å². The third-order valence-electron chi connectivity index (χ3n) is 3.96. The molecule has 0 saturated carbocycles. The molecule has 106 valence electrons. The first kappa shape index (κ1) is 14.5. The summed E-state index contributed by atoms with van der Waals surface area (Å²) in [5.41, 5.74) is 2.46. The van der Waals surface area contributed by atoms with E-state index in [9.17, 15) is 5.11 Å². The maximum Gasteiger partial charge on any atom is 0.0853 e. The summed E-state index contributed by atoms with van der Waals surface area (Å²) in [6, 6.07) is 8.49. The van der Waals surface area contributed by atoms with Crippen molar-refractivity contribution in [2.24, 2.45) is 0 Å². The number of aryl methyl sites for hydroxylation is 1. The average Bonchev–Trinajstić information content (AvgIpc) is 2.39. The van der Waals surface area contributed by atoms with Crippen LogP contribution >= 0.6 is 0 Å². The van der Waals surface area contributed by atoms with Crippen molar-refractivity contribution in [2.75, 3.05) is 0 Å². The highest BCUT2D eigenvalue weighted by Gasteiger charge is 2.28. The van der Waals surface area contributed by atoms with Gasteiger partial charge >= 0.3 is 0 Å². The number of rotatable bonds is 5. The molecular formula is C17H26O2.